The van der Waals surface area contributed by atoms with Gasteiger partial charge < -0.3 is 20.9 Å². The van der Waals surface area contributed by atoms with Gasteiger partial charge in [-0.1, -0.05) is 36.4 Å². The third-order valence-electron chi connectivity index (χ3n) is 5.60. The molecule has 0 radical (unpaired) electrons. The van der Waals surface area contributed by atoms with E-state index in [1.165, 1.54) is 12.1 Å². The first-order chi connectivity index (χ1) is 14.9. The lowest BCUT2D eigenvalue weighted by molar-refractivity contribution is -0.123. The van der Waals surface area contributed by atoms with Crippen LogP contribution in [-0.2, 0) is 23.2 Å². The minimum absolute atomic E-state index is 0.0370. The lowest BCUT2D eigenvalue weighted by Gasteiger charge is -2.25. The Balaban J connectivity index is 1.35. The highest BCUT2D eigenvalue weighted by Gasteiger charge is 2.37. The van der Waals surface area contributed by atoms with E-state index in [0.717, 1.165) is 16.9 Å². The molecule has 0 saturated heterocycles. The van der Waals surface area contributed by atoms with E-state index >= 15 is 0 Å². The second-order valence-corrected chi connectivity index (χ2v) is 7.92. The molecule has 5 nitrogen and oxygen atoms in total. The zero-order valence-corrected chi connectivity index (χ0v) is 17.1. The molecule has 2 unspecified atom stereocenters. The molecule has 0 spiro atoms. The van der Waals surface area contributed by atoms with Crippen LogP contribution in [0.15, 0.2) is 72.8 Å². The van der Waals surface area contributed by atoms with Crippen LogP contribution in [0.25, 0.3) is 0 Å². The van der Waals surface area contributed by atoms with Crippen molar-refractivity contribution in [3.05, 3.63) is 95.3 Å². The maximum absolute atomic E-state index is 13.4. The number of hydrogen-bond acceptors (Lipinski definition) is 4. The molecule has 0 aliphatic heterocycles. The van der Waals surface area contributed by atoms with E-state index in [0.29, 0.717) is 30.6 Å². The molecule has 1 aliphatic rings. The van der Waals surface area contributed by atoms with Crippen molar-refractivity contribution in [2.24, 2.45) is 5.73 Å². The fraction of sp³-hybridized carbons (Fsp3) is 0.240. The predicted octanol–water partition coefficient (Wildman–Crippen LogP) is 3.44. The number of halogens is 1. The van der Waals surface area contributed by atoms with Gasteiger partial charge in [0.05, 0.1) is 12.6 Å². The van der Waals surface area contributed by atoms with Gasteiger partial charge in [0.15, 0.2) is 0 Å². The third-order valence-corrected chi connectivity index (χ3v) is 5.60. The second-order valence-electron chi connectivity index (χ2n) is 7.92. The van der Waals surface area contributed by atoms with Gasteiger partial charge in [0.1, 0.15) is 22.9 Å². The smallest absolute Gasteiger partial charge is 0.237 e. The Morgan fingerprint density at radius 2 is 1.87 bits per heavy atom. The third kappa shape index (κ3) is 4.93. The van der Waals surface area contributed by atoms with Crippen LogP contribution in [0.3, 0.4) is 0 Å². The molecule has 160 valence electrons. The molecule has 4 rings (SSSR count). The van der Waals surface area contributed by atoms with Crippen LogP contribution < -0.4 is 15.8 Å². The molecule has 1 aliphatic carbocycles. The Bertz CT molecular complexity index is 1070. The Hall–Kier alpha value is -3.22. The second kappa shape index (κ2) is 8.88. The molecule has 3 aromatic rings. The zero-order chi connectivity index (χ0) is 21.8. The molecule has 3 aromatic carbocycles. The summed E-state index contributed by atoms with van der Waals surface area (Å²) in [5.74, 6) is 0.720. The van der Waals surface area contributed by atoms with Crippen LogP contribution in [0.5, 0.6) is 11.5 Å². The number of aliphatic hydroxyl groups is 1. The minimum atomic E-state index is -1.21. The molecule has 0 heterocycles. The number of fused-ring (bicyclic) bond motifs is 1. The Morgan fingerprint density at radius 3 is 2.68 bits per heavy atom. The number of carbonyl (C=O) groups is 1. The highest BCUT2D eigenvalue weighted by atomic mass is 19.1. The first-order valence-corrected chi connectivity index (χ1v) is 10.3. The van der Waals surface area contributed by atoms with Gasteiger partial charge in [-0.3, -0.25) is 4.79 Å². The summed E-state index contributed by atoms with van der Waals surface area (Å²) in [6.07, 6.45) is 1.33. The monoisotopic (exact) mass is 420 g/mol. The van der Waals surface area contributed by atoms with Gasteiger partial charge in [-0.2, -0.15) is 0 Å². The number of amides is 1. The summed E-state index contributed by atoms with van der Waals surface area (Å²) in [7, 11) is 0. The van der Waals surface area contributed by atoms with Gasteiger partial charge in [0.2, 0.25) is 5.91 Å². The van der Waals surface area contributed by atoms with Gasteiger partial charge in [-0.05, 0) is 72.4 Å². The maximum atomic E-state index is 13.4. The fourth-order valence-corrected chi connectivity index (χ4v) is 3.95. The molecular weight excluding hydrogens is 395 g/mol. The highest BCUT2D eigenvalue weighted by Crippen LogP contribution is 2.36. The van der Waals surface area contributed by atoms with Gasteiger partial charge >= 0.3 is 0 Å². The first kappa shape index (κ1) is 21.0. The van der Waals surface area contributed by atoms with Crippen molar-refractivity contribution in [1.29, 1.82) is 0 Å². The van der Waals surface area contributed by atoms with E-state index in [-0.39, 0.29) is 18.3 Å². The lowest BCUT2D eigenvalue weighted by atomic mass is 9.95. The van der Waals surface area contributed by atoms with E-state index in [2.05, 4.69) is 5.32 Å². The number of nitrogens with two attached hydrogens (primary N) is 1. The Kier molecular flexibility index (Phi) is 6.02. The summed E-state index contributed by atoms with van der Waals surface area (Å²) >= 11 is 0. The molecule has 0 bridgehead atoms. The average Bonchev–Trinajstić information content (AvgIpc) is 3.09. The van der Waals surface area contributed by atoms with Crippen LogP contribution in [0, 0.1) is 5.82 Å². The van der Waals surface area contributed by atoms with Gasteiger partial charge in [0.25, 0.3) is 0 Å². The normalized spacial score (nSPS) is 18.3. The Morgan fingerprint density at radius 1 is 1.10 bits per heavy atom. The van der Waals surface area contributed by atoms with Crippen molar-refractivity contribution >= 4 is 5.91 Å². The number of rotatable bonds is 7. The highest BCUT2D eigenvalue weighted by molar-refractivity contribution is 5.82. The number of carbonyl (C=O) groups excluding carboxylic acids is 1. The average molecular weight is 420 g/mol. The molecule has 0 saturated carbocycles. The summed E-state index contributed by atoms with van der Waals surface area (Å²) in [6.45, 7) is 0.0370. The number of nitrogens with one attached hydrogen (secondary N) is 1. The molecule has 0 fully saturated rings. The quantitative estimate of drug-likeness (QED) is 0.547. The molecular formula is C25H25FN2O3. The number of aryl methyl sites for hydroxylation is 1. The topological polar surface area (TPSA) is 84.6 Å². The van der Waals surface area contributed by atoms with E-state index in [9.17, 15) is 14.3 Å². The SMILES string of the molecule is NC(Cc1cccc(Oc2ccccc2)c1)C(=O)NCC1(O)CCc2cc(F)ccc21. The number of hydrogen-bond donors (Lipinski definition) is 3. The van der Waals surface area contributed by atoms with Crippen LogP contribution in [0.4, 0.5) is 4.39 Å². The Labute approximate surface area is 180 Å². The van der Waals surface area contributed by atoms with Crippen molar-refractivity contribution in [2.45, 2.75) is 30.9 Å². The maximum Gasteiger partial charge on any atom is 0.237 e. The lowest BCUT2D eigenvalue weighted by Crippen LogP contribution is -2.47. The predicted molar refractivity (Wildman–Crippen MR) is 116 cm³/mol. The molecule has 1 amide bonds. The van der Waals surface area contributed by atoms with Gasteiger partial charge in [0, 0.05) is 0 Å². The standard InChI is InChI=1S/C25H25FN2O3/c26-19-9-10-22-18(15-19)11-12-25(22,30)16-28-24(29)23(27)14-17-5-4-8-21(13-17)31-20-6-2-1-3-7-20/h1-10,13,15,23,30H,11-12,14,16,27H2,(H,28,29). The number of benzene rings is 3. The molecule has 2 atom stereocenters. The minimum Gasteiger partial charge on any atom is -0.457 e. The van der Waals surface area contributed by atoms with Crippen molar-refractivity contribution in [3.63, 3.8) is 0 Å². The van der Waals surface area contributed by atoms with Crippen LogP contribution in [0.2, 0.25) is 0 Å². The number of ether oxygens (including phenoxy) is 1. The van der Waals surface area contributed by atoms with Crippen molar-refractivity contribution in [2.75, 3.05) is 6.54 Å². The summed E-state index contributed by atoms with van der Waals surface area (Å²) in [6, 6.07) is 20.5. The summed E-state index contributed by atoms with van der Waals surface area (Å²) < 4.78 is 19.2. The zero-order valence-electron chi connectivity index (χ0n) is 17.1. The van der Waals surface area contributed by atoms with E-state index in [4.69, 9.17) is 10.5 Å². The van der Waals surface area contributed by atoms with Crippen molar-refractivity contribution in [3.8, 4) is 11.5 Å². The molecule has 4 N–H and O–H groups in total. The fourth-order valence-electron chi connectivity index (χ4n) is 3.95. The molecule has 6 heteroatoms. The van der Waals surface area contributed by atoms with Gasteiger partial charge in [-0.25, -0.2) is 4.39 Å². The van der Waals surface area contributed by atoms with Crippen LogP contribution in [-0.4, -0.2) is 23.6 Å². The summed E-state index contributed by atoms with van der Waals surface area (Å²) in [4.78, 5) is 12.5. The van der Waals surface area contributed by atoms with E-state index < -0.39 is 11.6 Å². The van der Waals surface area contributed by atoms with Crippen LogP contribution in [0.1, 0.15) is 23.1 Å². The van der Waals surface area contributed by atoms with Gasteiger partial charge in [-0.15, -0.1) is 0 Å². The molecule has 0 aromatic heterocycles. The van der Waals surface area contributed by atoms with Crippen LogP contribution >= 0.6 is 0 Å². The summed E-state index contributed by atoms with van der Waals surface area (Å²) in [5, 5.41) is 13.7. The molecule has 31 heavy (non-hydrogen) atoms. The largest absolute Gasteiger partial charge is 0.457 e. The summed E-state index contributed by atoms with van der Waals surface area (Å²) in [5.41, 5.74) is 7.21. The number of para-hydroxylation sites is 1. The van der Waals surface area contributed by atoms with Crippen molar-refractivity contribution < 1.29 is 19.0 Å². The van der Waals surface area contributed by atoms with E-state index in [1.807, 2.05) is 54.6 Å². The van der Waals surface area contributed by atoms with E-state index in [1.54, 1.807) is 6.07 Å². The van der Waals surface area contributed by atoms with Crippen molar-refractivity contribution in [1.82, 2.24) is 5.32 Å². The first-order valence-electron chi connectivity index (χ1n) is 10.3.